The van der Waals surface area contributed by atoms with Crippen LogP contribution in [-0.4, -0.2) is 65.4 Å². The average Bonchev–Trinajstić information content (AvgIpc) is 2.58. The Labute approximate surface area is 148 Å². The largest absolute Gasteiger partial charge is 0.497 e. The van der Waals surface area contributed by atoms with E-state index in [1.54, 1.807) is 35.9 Å². The summed E-state index contributed by atoms with van der Waals surface area (Å²) in [5.41, 5.74) is 0.623. The number of benzene rings is 1. The Hall–Kier alpha value is -1.69. The molecule has 0 bridgehead atoms. The number of amides is 2. The van der Waals surface area contributed by atoms with Crippen molar-refractivity contribution in [1.82, 2.24) is 9.80 Å². The van der Waals surface area contributed by atoms with Crippen LogP contribution < -0.4 is 4.74 Å². The number of piperazine rings is 1. The lowest BCUT2D eigenvalue weighted by molar-refractivity contribution is -0.129. The third kappa shape index (κ3) is 5.16. The van der Waals surface area contributed by atoms with Crippen molar-refractivity contribution >= 4 is 23.6 Å². The molecule has 2 rings (SSSR count). The SMILES string of the molecule is COc1cccc(C(=O)N2CCN(C(=O)CSC(C)(C)C)CC2)c1. The van der Waals surface area contributed by atoms with Gasteiger partial charge in [0, 0.05) is 36.5 Å². The predicted octanol–water partition coefficient (Wildman–Crippen LogP) is 2.51. The van der Waals surface area contributed by atoms with Crippen LogP contribution in [-0.2, 0) is 4.79 Å². The van der Waals surface area contributed by atoms with Gasteiger partial charge in [0.05, 0.1) is 12.9 Å². The zero-order valence-electron chi connectivity index (χ0n) is 14.9. The highest BCUT2D eigenvalue weighted by Gasteiger charge is 2.25. The zero-order chi connectivity index (χ0) is 17.7. The van der Waals surface area contributed by atoms with Crippen molar-refractivity contribution in [3.05, 3.63) is 29.8 Å². The lowest BCUT2D eigenvalue weighted by Gasteiger charge is -2.35. The minimum absolute atomic E-state index is 0.00920. The number of rotatable bonds is 4. The van der Waals surface area contributed by atoms with E-state index in [2.05, 4.69) is 20.8 Å². The normalized spacial score (nSPS) is 15.3. The van der Waals surface area contributed by atoms with Crippen molar-refractivity contribution in [3.8, 4) is 5.75 Å². The Kier molecular flexibility index (Phi) is 6.15. The van der Waals surface area contributed by atoms with Crippen molar-refractivity contribution in [1.29, 1.82) is 0 Å². The molecule has 1 heterocycles. The van der Waals surface area contributed by atoms with E-state index >= 15 is 0 Å². The van der Waals surface area contributed by atoms with Crippen molar-refractivity contribution in [2.45, 2.75) is 25.5 Å². The maximum Gasteiger partial charge on any atom is 0.254 e. The van der Waals surface area contributed by atoms with Crippen molar-refractivity contribution in [3.63, 3.8) is 0 Å². The molecule has 0 N–H and O–H groups in total. The summed E-state index contributed by atoms with van der Waals surface area (Å²) >= 11 is 1.66. The zero-order valence-corrected chi connectivity index (χ0v) is 15.7. The molecule has 0 unspecified atom stereocenters. The van der Waals surface area contributed by atoms with Gasteiger partial charge in [0.25, 0.3) is 5.91 Å². The first-order valence-corrected chi connectivity index (χ1v) is 9.14. The minimum Gasteiger partial charge on any atom is -0.497 e. The molecule has 24 heavy (non-hydrogen) atoms. The van der Waals surface area contributed by atoms with Crippen LogP contribution in [0.3, 0.4) is 0 Å². The van der Waals surface area contributed by atoms with Crippen molar-refractivity contribution in [2.24, 2.45) is 0 Å². The monoisotopic (exact) mass is 350 g/mol. The highest BCUT2D eigenvalue weighted by atomic mass is 32.2. The Bertz CT molecular complexity index is 590. The molecule has 1 aromatic carbocycles. The molecule has 1 saturated heterocycles. The highest BCUT2D eigenvalue weighted by molar-refractivity contribution is 8.01. The quantitative estimate of drug-likeness (QED) is 0.837. The molecule has 2 amide bonds. The number of carbonyl (C=O) groups is 2. The Morgan fingerprint density at radius 1 is 1.12 bits per heavy atom. The molecule has 1 aromatic rings. The number of methoxy groups -OCH3 is 1. The molecule has 1 aliphatic rings. The lowest BCUT2D eigenvalue weighted by atomic mass is 10.1. The van der Waals surface area contributed by atoms with Crippen LogP contribution >= 0.6 is 11.8 Å². The molecule has 0 atom stereocenters. The Morgan fingerprint density at radius 3 is 2.33 bits per heavy atom. The highest BCUT2D eigenvalue weighted by Crippen LogP contribution is 2.23. The average molecular weight is 350 g/mol. The number of hydrogen-bond donors (Lipinski definition) is 0. The van der Waals surface area contributed by atoms with Crippen LogP contribution in [0, 0.1) is 0 Å². The van der Waals surface area contributed by atoms with Gasteiger partial charge in [0.15, 0.2) is 0 Å². The molecule has 1 aliphatic heterocycles. The summed E-state index contributed by atoms with van der Waals surface area (Å²) < 4.78 is 5.25. The van der Waals surface area contributed by atoms with E-state index < -0.39 is 0 Å². The third-order valence-electron chi connectivity index (χ3n) is 3.86. The number of hydrogen-bond acceptors (Lipinski definition) is 4. The van der Waals surface area contributed by atoms with Crippen molar-refractivity contribution < 1.29 is 14.3 Å². The molecule has 0 spiro atoms. The van der Waals surface area contributed by atoms with E-state index in [0.717, 1.165) is 0 Å². The first-order chi connectivity index (χ1) is 11.3. The fraction of sp³-hybridized carbons (Fsp3) is 0.556. The standard InChI is InChI=1S/C18H26N2O3S/c1-18(2,3)24-13-16(21)19-8-10-20(11-9-19)17(22)14-6-5-7-15(12-14)23-4/h5-7,12H,8-11,13H2,1-4H3. The lowest BCUT2D eigenvalue weighted by Crippen LogP contribution is -2.51. The molecule has 0 aliphatic carbocycles. The van der Waals surface area contributed by atoms with Gasteiger partial charge in [-0.3, -0.25) is 9.59 Å². The van der Waals surface area contributed by atoms with E-state index in [4.69, 9.17) is 4.74 Å². The van der Waals surface area contributed by atoms with E-state index in [1.807, 2.05) is 17.0 Å². The first-order valence-electron chi connectivity index (χ1n) is 8.15. The van der Waals surface area contributed by atoms with E-state index in [0.29, 0.717) is 43.2 Å². The van der Waals surface area contributed by atoms with E-state index in [-0.39, 0.29) is 16.6 Å². The summed E-state index contributed by atoms with van der Waals surface area (Å²) in [4.78, 5) is 28.5. The number of carbonyl (C=O) groups excluding carboxylic acids is 2. The molecular formula is C18H26N2O3S. The summed E-state index contributed by atoms with van der Waals surface area (Å²) in [6.45, 7) is 8.66. The van der Waals surface area contributed by atoms with Gasteiger partial charge in [-0.05, 0) is 18.2 Å². The Morgan fingerprint density at radius 2 is 1.75 bits per heavy atom. The van der Waals surface area contributed by atoms with Gasteiger partial charge in [0.2, 0.25) is 5.91 Å². The van der Waals surface area contributed by atoms with Gasteiger partial charge in [-0.1, -0.05) is 26.8 Å². The molecule has 132 valence electrons. The van der Waals surface area contributed by atoms with Crippen LogP contribution in [0.25, 0.3) is 0 Å². The van der Waals surface area contributed by atoms with Crippen LogP contribution in [0.15, 0.2) is 24.3 Å². The molecule has 5 nitrogen and oxygen atoms in total. The molecular weight excluding hydrogens is 324 g/mol. The smallest absolute Gasteiger partial charge is 0.254 e. The van der Waals surface area contributed by atoms with E-state index in [1.165, 1.54) is 0 Å². The Balaban J connectivity index is 1.87. The maximum absolute atomic E-state index is 12.6. The van der Waals surface area contributed by atoms with Crippen LogP contribution in [0.2, 0.25) is 0 Å². The fourth-order valence-electron chi connectivity index (χ4n) is 2.47. The van der Waals surface area contributed by atoms with Gasteiger partial charge >= 0.3 is 0 Å². The molecule has 0 aromatic heterocycles. The summed E-state index contributed by atoms with van der Waals surface area (Å²) in [7, 11) is 1.59. The van der Waals surface area contributed by atoms with Crippen LogP contribution in [0.4, 0.5) is 0 Å². The fourth-order valence-corrected chi connectivity index (χ4v) is 3.21. The van der Waals surface area contributed by atoms with Gasteiger partial charge < -0.3 is 14.5 Å². The van der Waals surface area contributed by atoms with E-state index in [9.17, 15) is 9.59 Å². The molecule has 0 radical (unpaired) electrons. The van der Waals surface area contributed by atoms with Gasteiger partial charge in [0.1, 0.15) is 5.75 Å². The summed E-state index contributed by atoms with van der Waals surface area (Å²) in [5, 5.41) is 0. The van der Waals surface area contributed by atoms with Gasteiger partial charge in [-0.25, -0.2) is 0 Å². The number of ether oxygens (including phenoxy) is 1. The summed E-state index contributed by atoms with van der Waals surface area (Å²) in [6, 6.07) is 7.18. The van der Waals surface area contributed by atoms with Crippen LogP contribution in [0.1, 0.15) is 31.1 Å². The van der Waals surface area contributed by atoms with Gasteiger partial charge in [-0.2, -0.15) is 0 Å². The second-order valence-electron chi connectivity index (χ2n) is 6.81. The number of thioether (sulfide) groups is 1. The number of nitrogens with zero attached hydrogens (tertiary/aromatic N) is 2. The molecule has 0 saturated carbocycles. The second kappa shape index (κ2) is 7.92. The van der Waals surface area contributed by atoms with Crippen molar-refractivity contribution in [2.75, 3.05) is 39.0 Å². The topological polar surface area (TPSA) is 49.9 Å². The minimum atomic E-state index is -0.00920. The third-order valence-corrected chi connectivity index (χ3v) is 5.12. The second-order valence-corrected chi connectivity index (χ2v) is 8.61. The summed E-state index contributed by atoms with van der Waals surface area (Å²) in [5.74, 6) is 1.31. The first kappa shape index (κ1) is 18.6. The van der Waals surface area contributed by atoms with Crippen LogP contribution in [0.5, 0.6) is 5.75 Å². The maximum atomic E-state index is 12.6. The van der Waals surface area contributed by atoms with Gasteiger partial charge in [-0.15, -0.1) is 11.8 Å². The predicted molar refractivity (Wildman–Crippen MR) is 97.7 cm³/mol. The molecule has 6 heteroatoms. The summed E-state index contributed by atoms with van der Waals surface area (Å²) in [6.07, 6.45) is 0. The molecule has 1 fully saturated rings.